The van der Waals surface area contributed by atoms with Crippen LogP contribution in [-0.4, -0.2) is 36.4 Å². The predicted octanol–water partition coefficient (Wildman–Crippen LogP) is 25.4. The van der Waals surface area contributed by atoms with Crippen molar-refractivity contribution in [3.63, 3.8) is 0 Å². The Morgan fingerprint density at radius 2 is 0.524 bits per heavy atom. The number of ether oxygens (including phenoxy) is 2. The molecule has 0 saturated heterocycles. The maximum Gasteiger partial charge on any atom is 0.306 e. The van der Waals surface area contributed by atoms with Crippen LogP contribution in [0.3, 0.4) is 0 Å². The number of rotatable bonds is 68. The first-order valence-corrected chi connectivity index (χ1v) is 36.5. The predicted molar refractivity (Wildman–Crippen MR) is 362 cm³/mol. The molecule has 0 spiro atoms. The minimum absolute atomic E-state index is 0.0685. The van der Waals surface area contributed by atoms with Crippen LogP contribution >= 0.6 is 0 Å². The molecule has 478 valence electrons. The van der Waals surface area contributed by atoms with Crippen molar-refractivity contribution in [1.82, 2.24) is 0 Å². The quantitative estimate of drug-likeness (QED) is 0.0373. The van der Waals surface area contributed by atoms with Crippen molar-refractivity contribution in [2.45, 2.75) is 392 Å². The van der Waals surface area contributed by atoms with Gasteiger partial charge in [0.1, 0.15) is 6.61 Å². The topological polar surface area (TPSA) is 72.8 Å². The SMILES string of the molecule is CC/C=C\C/C=C\C/C=C\C/C=C\C/C=C\C/C=C\CCCCCCCCCCC(=O)OC(CO)COC(=O)CCCCCCCCCCCCCCCCCCCCCCCCCCCCCCCCCCCCCCCCCCC. The molecule has 1 N–H and O–H groups in total. The number of carbonyl (C=O) groups excluding carboxylic acids is 2. The molecule has 0 aliphatic carbocycles. The van der Waals surface area contributed by atoms with Crippen LogP contribution in [0, 0.1) is 0 Å². The molecule has 0 fully saturated rings. The third-order valence-corrected chi connectivity index (χ3v) is 16.5. The van der Waals surface area contributed by atoms with Crippen molar-refractivity contribution in [1.29, 1.82) is 0 Å². The summed E-state index contributed by atoms with van der Waals surface area (Å²) >= 11 is 0. The summed E-state index contributed by atoms with van der Waals surface area (Å²) in [5.74, 6) is -0.586. The van der Waals surface area contributed by atoms with Crippen molar-refractivity contribution in [2.75, 3.05) is 13.2 Å². The van der Waals surface area contributed by atoms with Crippen molar-refractivity contribution in [3.8, 4) is 0 Å². The normalized spacial score (nSPS) is 12.6. The lowest BCUT2D eigenvalue weighted by molar-refractivity contribution is -0.161. The average Bonchev–Trinajstić information content (AvgIpc) is 3.49. The highest BCUT2D eigenvalue weighted by molar-refractivity contribution is 5.70. The van der Waals surface area contributed by atoms with Crippen LogP contribution in [0.15, 0.2) is 72.9 Å². The summed E-state index contributed by atoms with van der Waals surface area (Å²) in [6.07, 6.45) is 101. The molecule has 5 heteroatoms. The van der Waals surface area contributed by atoms with E-state index in [9.17, 15) is 14.7 Å². The molecule has 1 unspecified atom stereocenters. The molecule has 0 saturated carbocycles. The number of hydrogen-bond donors (Lipinski definition) is 1. The fourth-order valence-electron chi connectivity index (χ4n) is 11.1. The van der Waals surface area contributed by atoms with Crippen LogP contribution in [0.5, 0.6) is 0 Å². The van der Waals surface area contributed by atoms with Gasteiger partial charge in [0, 0.05) is 12.8 Å². The van der Waals surface area contributed by atoms with E-state index in [1.807, 2.05) is 0 Å². The Morgan fingerprint density at radius 3 is 0.793 bits per heavy atom. The van der Waals surface area contributed by atoms with E-state index in [0.717, 1.165) is 83.5 Å². The van der Waals surface area contributed by atoms with E-state index < -0.39 is 6.10 Å². The second-order valence-electron chi connectivity index (χ2n) is 24.7. The Morgan fingerprint density at radius 1 is 0.293 bits per heavy atom. The van der Waals surface area contributed by atoms with Crippen molar-refractivity contribution in [3.05, 3.63) is 72.9 Å². The lowest BCUT2D eigenvalue weighted by Crippen LogP contribution is -2.28. The minimum Gasteiger partial charge on any atom is -0.462 e. The van der Waals surface area contributed by atoms with Gasteiger partial charge in [0.2, 0.25) is 0 Å². The molecule has 0 aromatic rings. The van der Waals surface area contributed by atoms with Gasteiger partial charge in [-0.3, -0.25) is 9.59 Å². The molecule has 0 heterocycles. The Labute approximate surface area is 512 Å². The molecular weight excluding hydrogens is 1000 g/mol. The Balaban J connectivity index is 3.40. The van der Waals surface area contributed by atoms with Crippen LogP contribution in [0.25, 0.3) is 0 Å². The van der Waals surface area contributed by atoms with Crippen molar-refractivity contribution >= 4 is 11.9 Å². The van der Waals surface area contributed by atoms with Crippen molar-refractivity contribution in [2.24, 2.45) is 0 Å². The molecule has 0 radical (unpaired) electrons. The largest absolute Gasteiger partial charge is 0.462 e. The van der Waals surface area contributed by atoms with Gasteiger partial charge in [0.25, 0.3) is 0 Å². The minimum atomic E-state index is -0.781. The van der Waals surface area contributed by atoms with Gasteiger partial charge >= 0.3 is 11.9 Å². The summed E-state index contributed by atoms with van der Waals surface area (Å²) in [6.45, 7) is 4.07. The number of hydrogen-bond acceptors (Lipinski definition) is 5. The van der Waals surface area contributed by atoms with Crippen LogP contribution in [0.2, 0.25) is 0 Å². The third kappa shape index (κ3) is 69.8. The molecule has 5 nitrogen and oxygen atoms in total. The van der Waals surface area contributed by atoms with Crippen LogP contribution in [-0.2, 0) is 19.1 Å². The first-order chi connectivity index (χ1) is 40.6. The zero-order chi connectivity index (χ0) is 59.1. The summed E-state index contributed by atoms with van der Waals surface area (Å²) in [7, 11) is 0. The fourth-order valence-corrected chi connectivity index (χ4v) is 11.1. The molecule has 0 aromatic carbocycles. The molecule has 0 bridgehead atoms. The van der Waals surface area contributed by atoms with Gasteiger partial charge in [0.15, 0.2) is 6.10 Å². The van der Waals surface area contributed by atoms with E-state index in [4.69, 9.17) is 9.47 Å². The smallest absolute Gasteiger partial charge is 0.306 e. The van der Waals surface area contributed by atoms with E-state index in [0.29, 0.717) is 12.8 Å². The fraction of sp³-hybridized carbons (Fsp3) is 0.818. The highest BCUT2D eigenvalue weighted by Crippen LogP contribution is 2.19. The summed E-state index contributed by atoms with van der Waals surface area (Å²) in [4.78, 5) is 24.6. The molecule has 0 aliphatic heterocycles. The zero-order valence-electron chi connectivity index (χ0n) is 55.0. The highest BCUT2D eigenvalue weighted by Gasteiger charge is 2.16. The van der Waals surface area contributed by atoms with Gasteiger partial charge in [0.05, 0.1) is 6.61 Å². The number of allylic oxidation sites excluding steroid dienone is 12. The van der Waals surface area contributed by atoms with Crippen LogP contribution in [0.1, 0.15) is 386 Å². The zero-order valence-corrected chi connectivity index (χ0v) is 55.0. The molecule has 0 aliphatic rings. The van der Waals surface area contributed by atoms with E-state index >= 15 is 0 Å². The van der Waals surface area contributed by atoms with Crippen molar-refractivity contribution < 1.29 is 24.2 Å². The van der Waals surface area contributed by atoms with Crippen LogP contribution in [0.4, 0.5) is 0 Å². The second-order valence-corrected chi connectivity index (χ2v) is 24.7. The maximum atomic E-state index is 12.4. The lowest BCUT2D eigenvalue weighted by Gasteiger charge is -2.15. The monoisotopic (exact) mass is 1150 g/mol. The lowest BCUT2D eigenvalue weighted by atomic mass is 10.0. The third-order valence-electron chi connectivity index (χ3n) is 16.5. The number of aliphatic hydroxyl groups excluding tert-OH is 1. The van der Waals surface area contributed by atoms with Gasteiger partial charge in [-0.2, -0.15) is 0 Å². The summed E-state index contributed by atoms with van der Waals surface area (Å²) in [5, 5.41) is 9.70. The summed E-state index contributed by atoms with van der Waals surface area (Å²) in [6, 6.07) is 0. The first-order valence-electron chi connectivity index (χ1n) is 36.5. The summed E-state index contributed by atoms with van der Waals surface area (Å²) < 4.78 is 10.8. The molecule has 0 aromatic heterocycles. The van der Waals surface area contributed by atoms with Gasteiger partial charge in [-0.1, -0.05) is 382 Å². The average molecular weight is 1150 g/mol. The van der Waals surface area contributed by atoms with E-state index in [-0.39, 0.29) is 25.2 Å². The van der Waals surface area contributed by atoms with Gasteiger partial charge in [-0.15, -0.1) is 0 Å². The van der Waals surface area contributed by atoms with E-state index in [2.05, 4.69) is 86.8 Å². The molecule has 1 atom stereocenters. The van der Waals surface area contributed by atoms with Gasteiger partial charge in [-0.05, 0) is 64.2 Å². The molecule has 0 rings (SSSR count). The number of carbonyl (C=O) groups is 2. The van der Waals surface area contributed by atoms with E-state index in [1.165, 1.54) is 276 Å². The molecule has 0 amide bonds. The maximum absolute atomic E-state index is 12.4. The summed E-state index contributed by atoms with van der Waals surface area (Å²) in [5.41, 5.74) is 0. The number of unbranched alkanes of at least 4 members (excludes halogenated alkanes) is 48. The molecular formula is C77H140O5. The first kappa shape index (κ1) is 79.3. The van der Waals surface area contributed by atoms with Gasteiger partial charge in [-0.25, -0.2) is 0 Å². The Bertz CT molecular complexity index is 1440. The number of esters is 2. The number of aliphatic hydroxyl groups is 1. The highest BCUT2D eigenvalue weighted by atomic mass is 16.6. The van der Waals surface area contributed by atoms with E-state index in [1.54, 1.807) is 0 Å². The van der Waals surface area contributed by atoms with Crippen LogP contribution < -0.4 is 0 Å². The van der Waals surface area contributed by atoms with Gasteiger partial charge < -0.3 is 14.6 Å². The Hall–Kier alpha value is -2.66. The second kappa shape index (κ2) is 72.6. The molecule has 82 heavy (non-hydrogen) atoms. The standard InChI is InChI=1S/C77H140O5/c1-3-5-7-9-11-13-15-17-19-21-23-25-27-29-31-32-33-34-35-36-37-38-39-40-41-42-43-44-46-47-49-51-53-55-57-59-61-63-65-67-69-71-76(79)81-74-75(73-78)82-77(80)72-70-68-66-64-62-60-58-56-54-52-50-48-45-30-28-26-24-22-20-18-16-14-12-10-8-6-4-2/h6,8,12,14,18,20,24,26,30,45,50,52,75,78H,3-5,7,9-11,13,15-17,19,21-23,25,27-29,31-44,46-49,51,53-74H2,1-2H3/b8-6-,14-12-,20-18-,26-24-,45-30-,52-50-. The Kier molecular flexibility index (Phi) is 70.2.